The summed E-state index contributed by atoms with van der Waals surface area (Å²) in [5.41, 5.74) is 4.75. The van der Waals surface area contributed by atoms with Crippen molar-refractivity contribution < 1.29 is 9.59 Å². The van der Waals surface area contributed by atoms with E-state index in [0.717, 1.165) is 37.9 Å². The van der Waals surface area contributed by atoms with Crippen molar-refractivity contribution in [3.05, 3.63) is 118 Å². The van der Waals surface area contributed by atoms with E-state index in [1.807, 2.05) is 78.9 Å². The first-order valence-corrected chi connectivity index (χ1v) is 13.0. The maximum absolute atomic E-state index is 13.9. The molecule has 6 heteroatoms. The molecule has 0 unspecified atom stereocenters. The fraction of sp³-hybridized carbons (Fsp3) is 0.161. The molecule has 0 spiro atoms. The summed E-state index contributed by atoms with van der Waals surface area (Å²) >= 11 is 1.49. The highest BCUT2D eigenvalue weighted by atomic mass is 32.1. The van der Waals surface area contributed by atoms with Gasteiger partial charge in [0.2, 0.25) is 7.98 Å². The third kappa shape index (κ3) is 4.65. The molecule has 4 aromatic rings. The Labute approximate surface area is 223 Å². The highest BCUT2D eigenvalue weighted by Crippen LogP contribution is 2.51. The van der Waals surface area contributed by atoms with Crippen LogP contribution >= 0.6 is 11.3 Å². The molecule has 4 nitrogen and oxygen atoms in total. The minimum atomic E-state index is -0.332. The molecule has 5 rings (SSSR count). The van der Waals surface area contributed by atoms with Gasteiger partial charge in [0, 0.05) is 21.7 Å². The smallest absolute Gasteiger partial charge is 0.262 e. The van der Waals surface area contributed by atoms with E-state index in [1.54, 1.807) is 15.8 Å². The Bertz CT molecular complexity index is 1490. The molecule has 3 aromatic carbocycles. The fourth-order valence-electron chi connectivity index (χ4n) is 4.82. The quantitative estimate of drug-likeness (QED) is 0.126. The first kappa shape index (κ1) is 24.8. The highest BCUT2D eigenvalue weighted by molar-refractivity contribution is 7.17. The predicted octanol–water partition coefficient (Wildman–Crippen LogP) is 6.81. The van der Waals surface area contributed by atoms with E-state index in [1.165, 1.54) is 18.3 Å². The minimum absolute atomic E-state index is 0.136. The van der Waals surface area contributed by atoms with Crippen LogP contribution in [0.3, 0.4) is 0 Å². The van der Waals surface area contributed by atoms with Gasteiger partial charge in [-0.15, -0.1) is 11.3 Å². The van der Waals surface area contributed by atoms with E-state index in [2.05, 4.69) is 26.0 Å². The number of para-hydroxylation sites is 2. The Balaban J connectivity index is 1.56. The van der Waals surface area contributed by atoms with Gasteiger partial charge in [-0.25, -0.2) is 0 Å². The molecule has 2 heterocycles. The van der Waals surface area contributed by atoms with Crippen molar-refractivity contribution in [2.24, 2.45) is 0 Å². The van der Waals surface area contributed by atoms with Crippen molar-refractivity contribution in [2.75, 3.05) is 9.71 Å². The number of thiophene rings is 1. The maximum Gasteiger partial charge on any atom is 0.262 e. The summed E-state index contributed by atoms with van der Waals surface area (Å²) in [4.78, 5) is 30.9. The van der Waals surface area contributed by atoms with Crippen LogP contribution in [-0.2, 0) is 21.5 Å². The number of hydrogen-bond donors (Lipinski definition) is 0. The zero-order chi connectivity index (χ0) is 26.2. The molecule has 182 valence electrons. The van der Waals surface area contributed by atoms with Crippen LogP contribution in [0.2, 0.25) is 0 Å². The molecule has 0 fully saturated rings. The van der Waals surface area contributed by atoms with Crippen molar-refractivity contribution in [1.82, 2.24) is 0 Å². The van der Waals surface area contributed by atoms with Gasteiger partial charge >= 0.3 is 0 Å². The molecule has 1 amide bonds. The van der Waals surface area contributed by atoms with Gasteiger partial charge in [0.05, 0.1) is 17.1 Å². The summed E-state index contributed by atoms with van der Waals surface area (Å²) in [6.45, 7) is 6.14. The van der Waals surface area contributed by atoms with E-state index in [4.69, 9.17) is 7.98 Å². The normalized spacial score (nSPS) is 14.0. The summed E-state index contributed by atoms with van der Waals surface area (Å²) in [5.74, 6) is -0.612. The molecule has 0 aliphatic carbocycles. The Morgan fingerprint density at radius 2 is 1.54 bits per heavy atom. The number of Topliss-reactive ketones (excluding diaryl/α,β-unsaturated/α-hetero) is 1. The monoisotopic (exact) mass is 502 g/mol. The number of carbonyl (C=O) groups is 2. The summed E-state index contributed by atoms with van der Waals surface area (Å²) in [7, 11) is 6.53. The standard InChI is InChI=1S/C31H27BN2O2S/c1-21(35)25(29(36)33(23-14-8-5-9-15-23)20-22-12-6-4-7-13-22)18-24-19-27-30(37-24)34(32)28-17-11-10-16-26(28)31(27,2)3/h4-19H,20H2,1-3H3/b25-18-. The molecule has 37 heavy (non-hydrogen) atoms. The van der Waals surface area contributed by atoms with Crippen molar-refractivity contribution >= 4 is 53.5 Å². The number of fused-ring (bicyclic) bond motifs is 2. The van der Waals surface area contributed by atoms with Gasteiger partial charge in [-0.2, -0.15) is 0 Å². The molecule has 0 saturated heterocycles. The van der Waals surface area contributed by atoms with Crippen LogP contribution in [0.5, 0.6) is 0 Å². The third-order valence-corrected chi connectivity index (χ3v) is 7.93. The van der Waals surface area contributed by atoms with Crippen LogP contribution in [0, 0.1) is 0 Å². The van der Waals surface area contributed by atoms with E-state index in [0.29, 0.717) is 6.54 Å². The highest BCUT2D eigenvalue weighted by Gasteiger charge is 2.36. The topological polar surface area (TPSA) is 40.6 Å². The van der Waals surface area contributed by atoms with Crippen molar-refractivity contribution in [1.29, 1.82) is 0 Å². The summed E-state index contributed by atoms with van der Waals surface area (Å²) in [5, 5.41) is 0.912. The van der Waals surface area contributed by atoms with Crippen LogP contribution in [0.1, 0.15) is 42.3 Å². The van der Waals surface area contributed by atoms with Gasteiger partial charge in [0.25, 0.3) is 5.91 Å². The predicted molar refractivity (Wildman–Crippen MR) is 154 cm³/mol. The van der Waals surface area contributed by atoms with Gasteiger partial charge < -0.3 is 9.71 Å². The molecule has 2 radical (unpaired) electrons. The zero-order valence-corrected chi connectivity index (χ0v) is 22.0. The lowest BCUT2D eigenvalue weighted by molar-refractivity contribution is -0.120. The molecule has 1 aromatic heterocycles. The summed E-state index contributed by atoms with van der Waals surface area (Å²) < 4.78 is 0. The maximum atomic E-state index is 13.9. The van der Waals surface area contributed by atoms with E-state index < -0.39 is 0 Å². The van der Waals surface area contributed by atoms with Crippen LogP contribution in [0.4, 0.5) is 16.4 Å². The number of rotatable bonds is 6. The minimum Gasteiger partial charge on any atom is -0.389 e. The number of benzene rings is 3. The molecule has 0 N–H and O–H groups in total. The summed E-state index contributed by atoms with van der Waals surface area (Å²) in [6, 6.07) is 29.4. The van der Waals surface area contributed by atoms with E-state index >= 15 is 0 Å². The van der Waals surface area contributed by atoms with Crippen LogP contribution in [-0.4, -0.2) is 19.7 Å². The second kappa shape index (κ2) is 9.87. The molecule has 1 aliphatic rings. The molecule has 0 saturated carbocycles. The van der Waals surface area contributed by atoms with Gasteiger partial charge in [-0.1, -0.05) is 80.6 Å². The SMILES string of the molecule is [B]N1c2ccccc2C(C)(C)c2cc(/C=C(/C(C)=O)C(=O)N(Cc3ccccc3)c3ccccc3)sc21. The van der Waals surface area contributed by atoms with Crippen molar-refractivity contribution in [3.63, 3.8) is 0 Å². The Hall–Kier alpha value is -3.90. The van der Waals surface area contributed by atoms with Gasteiger partial charge in [-0.3, -0.25) is 9.59 Å². The zero-order valence-electron chi connectivity index (χ0n) is 21.1. The second-order valence-electron chi connectivity index (χ2n) is 9.71. The fourth-order valence-corrected chi connectivity index (χ4v) is 6.02. The lowest BCUT2D eigenvalue weighted by Gasteiger charge is -2.38. The Kier molecular flexibility index (Phi) is 6.61. The average Bonchev–Trinajstić information content (AvgIpc) is 3.35. The Morgan fingerprint density at radius 1 is 0.919 bits per heavy atom. The number of hydrogen-bond acceptors (Lipinski definition) is 4. The molecular formula is C31H27BN2O2S. The lowest BCUT2D eigenvalue weighted by atomic mass is 9.75. The first-order chi connectivity index (χ1) is 17.8. The first-order valence-electron chi connectivity index (χ1n) is 12.2. The third-order valence-electron chi connectivity index (χ3n) is 6.85. The average molecular weight is 502 g/mol. The number of amides is 1. The van der Waals surface area contributed by atoms with Gasteiger partial charge in [0.15, 0.2) is 5.78 Å². The molecule has 0 bridgehead atoms. The number of ketones is 1. The van der Waals surface area contributed by atoms with Crippen LogP contribution in [0.25, 0.3) is 6.08 Å². The number of carbonyl (C=O) groups excluding carboxylic acids is 2. The van der Waals surface area contributed by atoms with Crippen LogP contribution in [0.15, 0.2) is 96.6 Å². The van der Waals surface area contributed by atoms with E-state index in [9.17, 15) is 9.59 Å². The largest absolute Gasteiger partial charge is 0.389 e. The van der Waals surface area contributed by atoms with Gasteiger partial charge in [0.1, 0.15) is 0 Å². The van der Waals surface area contributed by atoms with Crippen molar-refractivity contribution in [2.45, 2.75) is 32.7 Å². The van der Waals surface area contributed by atoms with Crippen molar-refractivity contribution in [3.8, 4) is 0 Å². The molecule has 1 aliphatic heterocycles. The van der Waals surface area contributed by atoms with Crippen LogP contribution < -0.4 is 9.71 Å². The summed E-state index contributed by atoms with van der Waals surface area (Å²) in [6.07, 6.45) is 1.71. The number of anilines is 3. The number of nitrogens with zero attached hydrogens (tertiary/aromatic N) is 2. The van der Waals surface area contributed by atoms with E-state index in [-0.39, 0.29) is 22.7 Å². The Morgan fingerprint density at radius 3 is 2.22 bits per heavy atom. The second-order valence-corrected chi connectivity index (χ2v) is 10.8. The van der Waals surface area contributed by atoms with Gasteiger partial charge in [-0.05, 0) is 54.0 Å². The lowest BCUT2D eigenvalue weighted by Crippen LogP contribution is -2.33. The molecule has 0 atom stereocenters. The molecular weight excluding hydrogens is 475 g/mol.